The Morgan fingerprint density at radius 2 is 2.00 bits per heavy atom. The Bertz CT molecular complexity index is 810. The van der Waals surface area contributed by atoms with E-state index in [1.54, 1.807) is 0 Å². The molecule has 0 saturated carbocycles. The lowest BCUT2D eigenvalue weighted by atomic mass is 10.1. The average molecular weight is 414 g/mol. The molecule has 2 rings (SSSR count). The lowest BCUT2D eigenvalue weighted by molar-refractivity contribution is -0.148. The van der Waals surface area contributed by atoms with Crippen molar-refractivity contribution in [2.45, 2.75) is 19.0 Å². The molecule has 6 nitrogen and oxygen atoms in total. The van der Waals surface area contributed by atoms with Crippen LogP contribution in [0.5, 0.6) is 0 Å². The molecule has 1 N–H and O–H groups in total. The van der Waals surface area contributed by atoms with Crippen LogP contribution in [0.25, 0.3) is 0 Å². The van der Waals surface area contributed by atoms with Crippen LogP contribution in [0.3, 0.4) is 0 Å². The van der Waals surface area contributed by atoms with Gasteiger partial charge in [-0.25, -0.2) is 8.42 Å². The number of hydrogen-bond donors (Lipinski definition) is 1. The molecule has 1 aliphatic rings. The molecule has 1 amide bonds. The molecule has 1 saturated heterocycles. The monoisotopic (exact) mass is 413 g/mol. The van der Waals surface area contributed by atoms with Crippen molar-refractivity contribution in [3.63, 3.8) is 0 Å². The maximum Gasteiger partial charge on any atom is 0.416 e. The molecule has 0 radical (unpaired) electrons. The second kappa shape index (κ2) is 7.83. The summed E-state index contributed by atoms with van der Waals surface area (Å²) in [5, 5.41) is 2.04. The molecule has 1 aromatic carbocycles. The number of amides is 1. The van der Waals surface area contributed by atoms with E-state index in [1.807, 2.05) is 0 Å². The van der Waals surface area contributed by atoms with Gasteiger partial charge in [-0.3, -0.25) is 9.59 Å². The van der Waals surface area contributed by atoms with Crippen LogP contribution in [0.2, 0.25) is 5.02 Å². The number of sulfone groups is 1. The van der Waals surface area contributed by atoms with Crippen molar-refractivity contribution in [1.29, 1.82) is 0 Å². The third-order valence-corrected chi connectivity index (χ3v) is 5.88. The third kappa shape index (κ3) is 5.87. The molecule has 1 heterocycles. The Labute approximate surface area is 152 Å². The van der Waals surface area contributed by atoms with Crippen molar-refractivity contribution in [2.24, 2.45) is 5.92 Å². The number of benzene rings is 1. The molecule has 0 aromatic heterocycles. The zero-order chi connectivity index (χ0) is 19.5. The largest absolute Gasteiger partial charge is 0.456 e. The minimum absolute atomic E-state index is 0.0134. The highest BCUT2D eigenvalue weighted by atomic mass is 35.5. The minimum atomic E-state index is -4.60. The standard InChI is InChI=1S/C15H15ClF3NO5S/c16-11-2-1-10(15(17,18)19)6-12(11)20-13(21)7-25-14(22)5-9-3-4-26(23,24)8-9/h1-2,6,9H,3-5,7-8H2,(H,20,21)/t9-/m0/s1. The molecule has 11 heteroatoms. The maximum absolute atomic E-state index is 12.7. The Hall–Kier alpha value is -1.81. The van der Waals surface area contributed by atoms with E-state index in [2.05, 4.69) is 5.32 Å². The number of nitrogens with one attached hydrogen (secondary N) is 1. The molecular formula is C15H15ClF3NO5S. The number of carbonyl (C=O) groups excluding carboxylic acids is 2. The van der Waals surface area contributed by atoms with Gasteiger partial charge in [0.05, 0.1) is 27.8 Å². The van der Waals surface area contributed by atoms with Crippen LogP contribution < -0.4 is 5.32 Å². The van der Waals surface area contributed by atoms with Crippen molar-refractivity contribution in [3.05, 3.63) is 28.8 Å². The molecule has 144 valence electrons. The zero-order valence-corrected chi connectivity index (χ0v) is 14.9. The zero-order valence-electron chi connectivity index (χ0n) is 13.3. The van der Waals surface area contributed by atoms with Gasteiger partial charge in [0, 0.05) is 6.42 Å². The molecule has 0 unspecified atom stereocenters. The first kappa shape index (κ1) is 20.5. The van der Waals surface area contributed by atoms with Crippen LogP contribution in [-0.2, 0) is 30.3 Å². The number of rotatable bonds is 5. The summed E-state index contributed by atoms with van der Waals surface area (Å²) in [5.41, 5.74) is -1.25. The van der Waals surface area contributed by atoms with Gasteiger partial charge in [-0.15, -0.1) is 0 Å². The van der Waals surface area contributed by atoms with E-state index < -0.39 is 40.1 Å². The SMILES string of the molecule is O=C(COC(=O)C[C@@H]1CCS(=O)(=O)C1)Nc1cc(C(F)(F)F)ccc1Cl. The van der Waals surface area contributed by atoms with Crippen LogP contribution in [0.1, 0.15) is 18.4 Å². The van der Waals surface area contributed by atoms with Gasteiger partial charge in [-0.2, -0.15) is 13.2 Å². The summed E-state index contributed by atoms with van der Waals surface area (Å²) in [4.78, 5) is 23.4. The van der Waals surface area contributed by atoms with Crippen molar-refractivity contribution >= 4 is 39.0 Å². The first-order valence-electron chi connectivity index (χ1n) is 7.49. The first-order valence-corrected chi connectivity index (χ1v) is 9.69. The summed E-state index contributed by atoms with van der Waals surface area (Å²) < 4.78 is 65.4. The van der Waals surface area contributed by atoms with Crippen molar-refractivity contribution in [3.8, 4) is 0 Å². The van der Waals surface area contributed by atoms with Gasteiger partial charge < -0.3 is 10.1 Å². The summed E-state index contributed by atoms with van der Waals surface area (Å²) in [6.45, 7) is -0.717. The molecule has 1 atom stereocenters. The fourth-order valence-electron chi connectivity index (χ4n) is 2.46. The molecule has 1 aromatic rings. The molecule has 0 aliphatic carbocycles. The molecule has 1 aliphatic heterocycles. The topological polar surface area (TPSA) is 89.5 Å². The minimum Gasteiger partial charge on any atom is -0.456 e. The van der Waals surface area contributed by atoms with Gasteiger partial charge in [0.1, 0.15) is 0 Å². The quantitative estimate of drug-likeness (QED) is 0.749. The number of alkyl halides is 3. The van der Waals surface area contributed by atoms with Crippen molar-refractivity contribution in [1.82, 2.24) is 0 Å². The third-order valence-electron chi connectivity index (χ3n) is 3.71. The van der Waals surface area contributed by atoms with Gasteiger partial charge in [-0.05, 0) is 30.5 Å². The number of halogens is 4. The first-order chi connectivity index (χ1) is 12.0. The predicted octanol–water partition coefficient (Wildman–Crippen LogP) is 2.67. The average Bonchev–Trinajstić information content (AvgIpc) is 2.85. The summed E-state index contributed by atoms with van der Waals surface area (Å²) >= 11 is 5.75. The highest BCUT2D eigenvalue weighted by Crippen LogP contribution is 2.33. The smallest absolute Gasteiger partial charge is 0.416 e. The lowest BCUT2D eigenvalue weighted by Crippen LogP contribution is -2.22. The molecule has 0 spiro atoms. The fraction of sp³-hybridized carbons (Fsp3) is 0.467. The van der Waals surface area contributed by atoms with Crippen molar-refractivity contribution in [2.75, 3.05) is 23.4 Å². The maximum atomic E-state index is 12.7. The fourth-order valence-corrected chi connectivity index (χ4v) is 4.48. The van der Waals surface area contributed by atoms with Crippen LogP contribution in [0, 0.1) is 5.92 Å². The summed E-state index contributed by atoms with van der Waals surface area (Å²) in [7, 11) is -3.13. The Morgan fingerprint density at radius 1 is 1.31 bits per heavy atom. The molecule has 1 fully saturated rings. The Kier molecular flexibility index (Phi) is 6.17. The second-order valence-corrected chi connectivity index (χ2v) is 8.51. The van der Waals surface area contributed by atoms with Gasteiger partial charge in [0.25, 0.3) is 5.91 Å². The molecular weight excluding hydrogens is 399 g/mol. The van der Waals surface area contributed by atoms with E-state index in [-0.39, 0.29) is 34.6 Å². The predicted molar refractivity (Wildman–Crippen MR) is 87.4 cm³/mol. The number of carbonyl (C=O) groups is 2. The number of anilines is 1. The number of ether oxygens (including phenoxy) is 1. The number of esters is 1. The van der Waals surface area contributed by atoms with E-state index in [1.165, 1.54) is 0 Å². The number of hydrogen-bond acceptors (Lipinski definition) is 5. The normalized spacial score (nSPS) is 19.2. The van der Waals surface area contributed by atoms with Gasteiger partial charge in [0.2, 0.25) is 0 Å². The Balaban J connectivity index is 1.86. The van der Waals surface area contributed by atoms with Crippen LogP contribution >= 0.6 is 11.6 Å². The van der Waals surface area contributed by atoms with E-state index >= 15 is 0 Å². The molecule has 0 bridgehead atoms. The van der Waals surface area contributed by atoms with E-state index in [0.29, 0.717) is 12.5 Å². The second-order valence-electron chi connectivity index (χ2n) is 5.87. The Morgan fingerprint density at radius 3 is 2.58 bits per heavy atom. The van der Waals surface area contributed by atoms with Gasteiger partial charge >= 0.3 is 12.1 Å². The molecule has 26 heavy (non-hydrogen) atoms. The summed E-state index contributed by atoms with van der Waals surface area (Å²) in [6, 6.07) is 2.44. The lowest BCUT2D eigenvalue weighted by Gasteiger charge is -2.12. The van der Waals surface area contributed by atoms with E-state index in [4.69, 9.17) is 16.3 Å². The van der Waals surface area contributed by atoms with E-state index in [0.717, 1.165) is 12.1 Å². The highest BCUT2D eigenvalue weighted by Gasteiger charge is 2.31. The van der Waals surface area contributed by atoms with Gasteiger partial charge in [0.15, 0.2) is 16.4 Å². The van der Waals surface area contributed by atoms with Crippen molar-refractivity contribution < 1.29 is 35.9 Å². The highest BCUT2D eigenvalue weighted by molar-refractivity contribution is 7.91. The summed E-state index contributed by atoms with van der Waals surface area (Å²) in [6.07, 6.45) is -4.39. The van der Waals surface area contributed by atoms with Crippen LogP contribution in [0.4, 0.5) is 18.9 Å². The van der Waals surface area contributed by atoms with Crippen LogP contribution in [-0.4, -0.2) is 38.4 Å². The summed E-state index contributed by atoms with van der Waals surface area (Å²) in [5.74, 6) is -2.06. The van der Waals surface area contributed by atoms with E-state index in [9.17, 15) is 31.2 Å². The van der Waals surface area contributed by atoms with Crippen LogP contribution in [0.15, 0.2) is 18.2 Å². The van der Waals surface area contributed by atoms with Gasteiger partial charge in [-0.1, -0.05) is 11.6 Å².